The highest BCUT2D eigenvalue weighted by Gasteiger charge is 2.09. The maximum atomic E-state index is 11.1. The van der Waals surface area contributed by atoms with E-state index in [1.165, 1.54) is 0 Å². The molecule has 5 nitrogen and oxygen atoms in total. The van der Waals surface area contributed by atoms with Crippen LogP contribution in [0.5, 0.6) is 0 Å². The third-order valence-electron chi connectivity index (χ3n) is 3.29. The molecule has 1 amide bonds. The van der Waals surface area contributed by atoms with Crippen LogP contribution in [0.3, 0.4) is 0 Å². The lowest BCUT2D eigenvalue weighted by molar-refractivity contribution is 0.0696. The van der Waals surface area contributed by atoms with Gasteiger partial charge in [-0.05, 0) is 42.3 Å². The van der Waals surface area contributed by atoms with E-state index < -0.39 is 11.9 Å². The van der Waals surface area contributed by atoms with Crippen LogP contribution >= 0.6 is 0 Å². The fourth-order valence-electron chi connectivity index (χ4n) is 2.04. The lowest BCUT2D eigenvalue weighted by atomic mass is 10.1. The highest BCUT2D eigenvalue weighted by Crippen LogP contribution is 2.19. The Balaban J connectivity index is 2.11. The number of anilines is 1. The number of carboxylic acid groups (broad SMARTS) is 1. The predicted molar refractivity (Wildman–Crippen MR) is 80.4 cm³/mol. The Morgan fingerprint density at radius 3 is 2.38 bits per heavy atom. The lowest BCUT2D eigenvalue weighted by Crippen LogP contribution is -2.11. The third-order valence-corrected chi connectivity index (χ3v) is 3.29. The molecule has 0 aliphatic heterocycles. The Bertz CT molecular complexity index is 678. The van der Waals surface area contributed by atoms with Crippen LogP contribution in [-0.4, -0.2) is 17.0 Å². The Morgan fingerprint density at radius 1 is 1.14 bits per heavy atom. The summed E-state index contributed by atoms with van der Waals surface area (Å²) in [7, 11) is 0. The van der Waals surface area contributed by atoms with Gasteiger partial charge in [0.1, 0.15) is 0 Å². The summed E-state index contributed by atoms with van der Waals surface area (Å²) in [6, 6.07) is 12.1. The van der Waals surface area contributed by atoms with Gasteiger partial charge in [0.25, 0.3) is 0 Å². The highest BCUT2D eigenvalue weighted by atomic mass is 16.4. The van der Waals surface area contributed by atoms with Crippen molar-refractivity contribution in [3.05, 3.63) is 64.7 Å². The second-order valence-corrected chi connectivity index (χ2v) is 4.70. The molecule has 0 heterocycles. The number of rotatable bonds is 5. The number of nitrogens with one attached hydrogen (secondary N) is 1. The molecule has 0 radical (unpaired) electrons. The Kier molecular flexibility index (Phi) is 4.23. The Hall–Kier alpha value is -2.82. The zero-order valence-electron chi connectivity index (χ0n) is 11.6. The molecule has 0 spiro atoms. The molecule has 0 aliphatic carbocycles. The van der Waals surface area contributed by atoms with E-state index in [1.54, 1.807) is 31.2 Å². The summed E-state index contributed by atoms with van der Waals surface area (Å²) in [5, 5.41) is 12.3. The minimum atomic E-state index is -0.943. The maximum Gasteiger partial charge on any atom is 0.336 e. The average molecular weight is 284 g/mol. The van der Waals surface area contributed by atoms with Crippen molar-refractivity contribution in [3.63, 3.8) is 0 Å². The zero-order chi connectivity index (χ0) is 15.4. The molecule has 0 atom stereocenters. The van der Waals surface area contributed by atoms with E-state index in [4.69, 9.17) is 10.8 Å². The van der Waals surface area contributed by atoms with Gasteiger partial charge in [-0.1, -0.05) is 18.2 Å². The van der Waals surface area contributed by atoms with Gasteiger partial charge in [-0.15, -0.1) is 0 Å². The SMILES string of the molecule is Cc1c(NCc2ccc(C(N)=O)cc2)cccc1C(=O)O. The summed E-state index contributed by atoms with van der Waals surface area (Å²) in [6.45, 7) is 2.30. The Morgan fingerprint density at radius 2 is 1.81 bits per heavy atom. The number of hydrogen-bond donors (Lipinski definition) is 3. The van der Waals surface area contributed by atoms with Gasteiger partial charge in [0.2, 0.25) is 5.91 Å². The zero-order valence-corrected chi connectivity index (χ0v) is 11.6. The van der Waals surface area contributed by atoms with Gasteiger partial charge in [0, 0.05) is 17.8 Å². The van der Waals surface area contributed by atoms with Gasteiger partial charge in [-0.25, -0.2) is 4.79 Å². The molecule has 4 N–H and O–H groups in total. The quantitative estimate of drug-likeness (QED) is 0.786. The monoisotopic (exact) mass is 284 g/mol. The van der Waals surface area contributed by atoms with Crippen molar-refractivity contribution < 1.29 is 14.7 Å². The molecular formula is C16H16N2O3. The minimum Gasteiger partial charge on any atom is -0.478 e. The molecule has 0 unspecified atom stereocenters. The average Bonchev–Trinajstić information content (AvgIpc) is 2.46. The summed E-state index contributed by atoms with van der Waals surface area (Å²) in [6.07, 6.45) is 0. The van der Waals surface area contributed by atoms with E-state index in [0.717, 1.165) is 11.3 Å². The molecule has 2 rings (SSSR count). The number of aromatic carboxylic acids is 1. The number of benzene rings is 2. The van der Waals surface area contributed by atoms with E-state index in [2.05, 4.69) is 5.32 Å². The summed E-state index contributed by atoms with van der Waals surface area (Å²) < 4.78 is 0. The number of amides is 1. The first-order valence-corrected chi connectivity index (χ1v) is 6.44. The summed E-state index contributed by atoms with van der Waals surface area (Å²) in [5.41, 5.74) is 8.36. The molecule has 108 valence electrons. The van der Waals surface area contributed by atoms with Gasteiger partial charge in [-0.3, -0.25) is 4.79 Å². The van der Waals surface area contributed by atoms with Gasteiger partial charge >= 0.3 is 5.97 Å². The summed E-state index contributed by atoms with van der Waals surface area (Å²) in [4.78, 5) is 22.1. The molecule has 0 fully saturated rings. The van der Waals surface area contributed by atoms with Crippen LogP contribution in [-0.2, 0) is 6.54 Å². The molecule has 2 aromatic rings. The van der Waals surface area contributed by atoms with E-state index in [-0.39, 0.29) is 5.56 Å². The number of carbonyl (C=O) groups is 2. The molecular weight excluding hydrogens is 268 g/mol. The van der Waals surface area contributed by atoms with Crippen molar-refractivity contribution in [2.24, 2.45) is 5.73 Å². The normalized spacial score (nSPS) is 10.1. The van der Waals surface area contributed by atoms with Crippen molar-refractivity contribution >= 4 is 17.6 Å². The predicted octanol–water partition coefficient (Wildman–Crippen LogP) is 2.40. The first-order valence-electron chi connectivity index (χ1n) is 6.44. The third kappa shape index (κ3) is 3.39. The fraction of sp³-hybridized carbons (Fsp3) is 0.125. The van der Waals surface area contributed by atoms with Gasteiger partial charge in [0.15, 0.2) is 0 Å². The first-order chi connectivity index (χ1) is 9.99. The van der Waals surface area contributed by atoms with Crippen LogP contribution in [0.25, 0.3) is 0 Å². The van der Waals surface area contributed by atoms with Crippen molar-refractivity contribution in [1.29, 1.82) is 0 Å². The smallest absolute Gasteiger partial charge is 0.336 e. The van der Waals surface area contributed by atoms with E-state index >= 15 is 0 Å². The van der Waals surface area contributed by atoms with Crippen molar-refractivity contribution in [2.45, 2.75) is 13.5 Å². The largest absolute Gasteiger partial charge is 0.478 e. The molecule has 0 saturated carbocycles. The molecule has 0 saturated heterocycles. The topological polar surface area (TPSA) is 92.4 Å². The van der Waals surface area contributed by atoms with E-state index in [9.17, 15) is 9.59 Å². The molecule has 21 heavy (non-hydrogen) atoms. The van der Waals surface area contributed by atoms with Crippen molar-refractivity contribution in [1.82, 2.24) is 0 Å². The van der Waals surface area contributed by atoms with Crippen LogP contribution < -0.4 is 11.1 Å². The number of carboxylic acids is 1. The Labute approximate surface area is 122 Å². The maximum absolute atomic E-state index is 11.1. The van der Waals surface area contributed by atoms with Gasteiger partial charge in [0.05, 0.1) is 5.56 Å². The van der Waals surface area contributed by atoms with Crippen molar-refractivity contribution in [3.8, 4) is 0 Å². The number of hydrogen-bond acceptors (Lipinski definition) is 3. The number of primary amides is 1. The fourth-order valence-corrected chi connectivity index (χ4v) is 2.04. The van der Waals surface area contributed by atoms with Crippen LogP contribution in [0.1, 0.15) is 31.8 Å². The summed E-state index contributed by atoms with van der Waals surface area (Å²) >= 11 is 0. The van der Waals surface area contributed by atoms with Crippen LogP contribution in [0.15, 0.2) is 42.5 Å². The summed E-state index contributed by atoms with van der Waals surface area (Å²) in [5.74, 6) is -1.40. The van der Waals surface area contributed by atoms with Crippen LogP contribution in [0.2, 0.25) is 0 Å². The second-order valence-electron chi connectivity index (χ2n) is 4.70. The van der Waals surface area contributed by atoms with Gasteiger partial charge in [-0.2, -0.15) is 0 Å². The second kappa shape index (κ2) is 6.09. The van der Waals surface area contributed by atoms with Gasteiger partial charge < -0.3 is 16.2 Å². The molecule has 2 aromatic carbocycles. The van der Waals surface area contributed by atoms with E-state index in [1.807, 2.05) is 18.2 Å². The van der Waals surface area contributed by atoms with E-state index in [0.29, 0.717) is 17.7 Å². The molecule has 0 aromatic heterocycles. The molecule has 5 heteroatoms. The standard InChI is InChI=1S/C16H16N2O3/c1-10-13(16(20)21)3-2-4-14(10)18-9-11-5-7-12(8-6-11)15(17)19/h2-8,18H,9H2,1H3,(H2,17,19)(H,20,21). The number of nitrogens with two attached hydrogens (primary N) is 1. The number of carbonyl (C=O) groups excluding carboxylic acids is 1. The molecule has 0 bridgehead atoms. The lowest BCUT2D eigenvalue weighted by Gasteiger charge is -2.11. The molecule has 0 aliphatic rings. The van der Waals surface area contributed by atoms with Crippen molar-refractivity contribution in [2.75, 3.05) is 5.32 Å². The van der Waals surface area contributed by atoms with Crippen LogP contribution in [0, 0.1) is 6.92 Å². The highest BCUT2D eigenvalue weighted by molar-refractivity contribution is 5.92. The minimum absolute atomic E-state index is 0.282. The first kappa shape index (κ1) is 14.6. The van der Waals surface area contributed by atoms with Crippen LogP contribution in [0.4, 0.5) is 5.69 Å².